The van der Waals surface area contributed by atoms with E-state index in [2.05, 4.69) is 26.1 Å². The Balaban J connectivity index is 1.57. The molecule has 1 heterocycles. The number of carbonyl (C=O) groups is 1. The molecular weight excluding hydrogens is 426 g/mol. The summed E-state index contributed by atoms with van der Waals surface area (Å²) >= 11 is 0. The van der Waals surface area contributed by atoms with Gasteiger partial charge in [-0.1, -0.05) is 32.9 Å². The highest BCUT2D eigenvalue weighted by Gasteiger charge is 2.32. The minimum Gasteiger partial charge on any atom is -0.479 e. The fraction of sp³-hybridized carbons (Fsp3) is 0.417. The molecule has 32 heavy (non-hydrogen) atoms. The van der Waals surface area contributed by atoms with Crippen molar-refractivity contribution in [2.45, 2.75) is 43.9 Å². The molecule has 1 aliphatic rings. The number of amides is 1. The van der Waals surface area contributed by atoms with Crippen LogP contribution in [-0.4, -0.2) is 38.3 Å². The van der Waals surface area contributed by atoms with Crippen LogP contribution in [0.4, 0.5) is 5.69 Å². The second-order valence-corrected chi connectivity index (χ2v) is 10.9. The number of carbonyl (C=O) groups excluding carboxylic acids is 1. The Morgan fingerprint density at radius 2 is 1.69 bits per heavy atom. The van der Waals surface area contributed by atoms with Gasteiger partial charge in [0.25, 0.3) is 0 Å². The van der Waals surface area contributed by atoms with Crippen LogP contribution < -0.4 is 10.1 Å². The van der Waals surface area contributed by atoms with Crippen molar-refractivity contribution in [3.8, 4) is 11.8 Å². The van der Waals surface area contributed by atoms with Crippen molar-refractivity contribution in [2.75, 3.05) is 25.0 Å². The first-order chi connectivity index (χ1) is 15.1. The molecule has 2 aromatic carbocycles. The average Bonchev–Trinajstić information content (AvgIpc) is 2.78. The van der Waals surface area contributed by atoms with E-state index in [0.717, 1.165) is 5.56 Å². The second kappa shape index (κ2) is 9.72. The molecule has 170 valence electrons. The molecule has 3 rings (SSSR count). The van der Waals surface area contributed by atoms with E-state index in [1.54, 1.807) is 36.4 Å². The standard InChI is InChI=1S/C24H29N3O4S/c1-24(2,3)19-4-10-22(11-5-19)32(29,30)27-15-12-18(13-16-27)23(28)26-20-6-8-21(9-7-20)31-17-14-25/h4-11,18H,12-13,15-17H2,1-3H3,(H,26,28). The maximum Gasteiger partial charge on any atom is 0.243 e. The van der Waals surface area contributed by atoms with E-state index < -0.39 is 10.0 Å². The minimum atomic E-state index is -3.58. The van der Waals surface area contributed by atoms with Crippen LogP contribution in [0.1, 0.15) is 39.2 Å². The van der Waals surface area contributed by atoms with Crippen LogP contribution in [0, 0.1) is 17.2 Å². The van der Waals surface area contributed by atoms with E-state index >= 15 is 0 Å². The Labute approximate surface area is 190 Å². The van der Waals surface area contributed by atoms with Crippen molar-refractivity contribution in [3.63, 3.8) is 0 Å². The van der Waals surface area contributed by atoms with Crippen LogP contribution in [-0.2, 0) is 20.2 Å². The third-order valence-corrected chi connectivity index (χ3v) is 7.52. The molecule has 0 spiro atoms. The van der Waals surface area contributed by atoms with Crippen molar-refractivity contribution in [3.05, 3.63) is 54.1 Å². The lowest BCUT2D eigenvalue weighted by Crippen LogP contribution is -2.41. The van der Waals surface area contributed by atoms with Crippen LogP contribution in [0.2, 0.25) is 0 Å². The van der Waals surface area contributed by atoms with E-state index in [0.29, 0.717) is 37.4 Å². The molecule has 1 saturated heterocycles. The first-order valence-electron chi connectivity index (χ1n) is 10.6. The number of anilines is 1. The average molecular weight is 456 g/mol. The predicted molar refractivity (Wildman–Crippen MR) is 123 cm³/mol. The molecule has 7 nitrogen and oxygen atoms in total. The summed E-state index contributed by atoms with van der Waals surface area (Å²) in [4.78, 5) is 12.9. The molecule has 1 fully saturated rings. The molecule has 0 aliphatic carbocycles. The van der Waals surface area contributed by atoms with Crippen molar-refractivity contribution in [1.29, 1.82) is 5.26 Å². The summed E-state index contributed by atoms with van der Waals surface area (Å²) in [6.07, 6.45) is 0.934. The summed E-state index contributed by atoms with van der Waals surface area (Å²) in [5, 5.41) is 11.4. The number of benzene rings is 2. The summed E-state index contributed by atoms with van der Waals surface area (Å²) in [6.45, 7) is 6.84. The lowest BCUT2D eigenvalue weighted by Gasteiger charge is -2.30. The molecule has 8 heteroatoms. The summed E-state index contributed by atoms with van der Waals surface area (Å²) < 4.78 is 32.7. The summed E-state index contributed by atoms with van der Waals surface area (Å²) in [5.74, 6) is 0.181. The fourth-order valence-corrected chi connectivity index (χ4v) is 5.10. The molecule has 0 bridgehead atoms. The fourth-order valence-electron chi connectivity index (χ4n) is 3.63. The van der Waals surface area contributed by atoms with Gasteiger partial charge in [-0.2, -0.15) is 9.57 Å². The topological polar surface area (TPSA) is 99.5 Å². The van der Waals surface area contributed by atoms with E-state index in [4.69, 9.17) is 10.00 Å². The van der Waals surface area contributed by atoms with Crippen LogP contribution >= 0.6 is 0 Å². The third kappa shape index (κ3) is 5.67. The zero-order chi connectivity index (χ0) is 23.4. The number of nitrogens with zero attached hydrogens (tertiary/aromatic N) is 2. The largest absolute Gasteiger partial charge is 0.479 e. The predicted octanol–water partition coefficient (Wildman–Crippen LogP) is 3.93. The third-order valence-electron chi connectivity index (χ3n) is 5.61. The summed E-state index contributed by atoms with van der Waals surface area (Å²) in [5.41, 5.74) is 1.67. The molecule has 0 atom stereocenters. The van der Waals surface area contributed by atoms with Gasteiger partial charge in [-0.3, -0.25) is 4.79 Å². The molecule has 1 aliphatic heterocycles. The number of piperidine rings is 1. The monoisotopic (exact) mass is 455 g/mol. The van der Waals surface area contributed by atoms with Crippen molar-refractivity contribution >= 4 is 21.6 Å². The molecule has 0 unspecified atom stereocenters. The highest BCUT2D eigenvalue weighted by atomic mass is 32.2. The molecule has 1 N–H and O–H groups in total. The highest BCUT2D eigenvalue weighted by molar-refractivity contribution is 7.89. The van der Waals surface area contributed by atoms with Crippen molar-refractivity contribution in [2.24, 2.45) is 5.92 Å². The van der Waals surface area contributed by atoms with Crippen LogP contribution in [0.25, 0.3) is 0 Å². The molecule has 0 aromatic heterocycles. The molecule has 0 radical (unpaired) electrons. The number of nitrogens with one attached hydrogen (secondary N) is 1. The Morgan fingerprint density at radius 3 is 2.22 bits per heavy atom. The molecular formula is C24H29N3O4S. The first-order valence-corrected chi connectivity index (χ1v) is 12.1. The molecule has 0 saturated carbocycles. The highest BCUT2D eigenvalue weighted by Crippen LogP contribution is 2.28. The Bertz CT molecular complexity index is 1070. The lowest BCUT2D eigenvalue weighted by atomic mass is 9.87. The van der Waals surface area contributed by atoms with Gasteiger partial charge in [-0.05, 0) is 60.2 Å². The van der Waals surface area contributed by atoms with Gasteiger partial charge in [0.1, 0.15) is 11.8 Å². The maximum atomic E-state index is 13.0. The summed E-state index contributed by atoms with van der Waals surface area (Å²) in [6, 6.07) is 15.8. The van der Waals surface area contributed by atoms with E-state index in [1.165, 1.54) is 4.31 Å². The first kappa shape index (κ1) is 23.8. The zero-order valence-corrected chi connectivity index (χ0v) is 19.5. The second-order valence-electron chi connectivity index (χ2n) is 8.91. The number of hydrogen-bond donors (Lipinski definition) is 1. The number of rotatable bonds is 6. The molecule has 1 amide bonds. The van der Waals surface area contributed by atoms with Gasteiger partial charge in [-0.15, -0.1) is 0 Å². The van der Waals surface area contributed by atoms with Crippen molar-refractivity contribution in [1.82, 2.24) is 4.31 Å². The van der Waals surface area contributed by atoms with Gasteiger partial charge in [0, 0.05) is 24.7 Å². The smallest absolute Gasteiger partial charge is 0.243 e. The van der Waals surface area contributed by atoms with Gasteiger partial charge in [0.05, 0.1) is 4.90 Å². The maximum absolute atomic E-state index is 13.0. The van der Waals surface area contributed by atoms with Gasteiger partial charge < -0.3 is 10.1 Å². The quantitative estimate of drug-likeness (QED) is 0.712. The minimum absolute atomic E-state index is 0.0338. The van der Waals surface area contributed by atoms with Crippen LogP contribution in [0.5, 0.6) is 5.75 Å². The van der Waals surface area contributed by atoms with E-state index in [9.17, 15) is 13.2 Å². The lowest BCUT2D eigenvalue weighted by molar-refractivity contribution is -0.120. The number of hydrogen-bond acceptors (Lipinski definition) is 5. The zero-order valence-electron chi connectivity index (χ0n) is 18.7. The van der Waals surface area contributed by atoms with Gasteiger partial charge in [-0.25, -0.2) is 8.42 Å². The van der Waals surface area contributed by atoms with Gasteiger partial charge in [0.15, 0.2) is 6.61 Å². The Morgan fingerprint density at radius 1 is 1.09 bits per heavy atom. The Kier molecular flexibility index (Phi) is 7.22. The van der Waals surface area contributed by atoms with Gasteiger partial charge >= 0.3 is 0 Å². The van der Waals surface area contributed by atoms with E-state index in [-0.39, 0.29) is 28.7 Å². The number of ether oxygens (including phenoxy) is 1. The normalized spacial score (nSPS) is 15.7. The van der Waals surface area contributed by atoms with Gasteiger partial charge in [0.2, 0.25) is 15.9 Å². The van der Waals surface area contributed by atoms with Crippen LogP contribution in [0.3, 0.4) is 0 Å². The van der Waals surface area contributed by atoms with E-state index in [1.807, 2.05) is 18.2 Å². The summed E-state index contributed by atoms with van der Waals surface area (Å²) in [7, 11) is -3.58. The number of nitriles is 1. The SMILES string of the molecule is CC(C)(C)c1ccc(S(=O)(=O)N2CCC(C(=O)Nc3ccc(OCC#N)cc3)CC2)cc1. The van der Waals surface area contributed by atoms with Crippen molar-refractivity contribution < 1.29 is 17.9 Å². The molecule has 2 aromatic rings. The van der Waals surface area contributed by atoms with Crippen LogP contribution in [0.15, 0.2) is 53.4 Å². The Hall–Kier alpha value is -2.89. The number of sulfonamides is 1.